The summed E-state index contributed by atoms with van der Waals surface area (Å²) in [4.78, 5) is 0. The standard InChI is InChI=1S/C54H58O10/c55-49-46(58-39-47(57-32-41-21-9-2-10-22-41)50(49)59-33-42-23-11-3-12-24-42)38-63-54-53(62-36-45-29-17-6-18-30-45)52(61-35-44-27-15-5-16-28-44)51(60-34-43-25-13-4-14-26-43)48(64-54)37-56-31-40-19-7-1-8-20-40/h1-30,46-55H,31-39H2/t46?,47-,48+,49+,50+,51+,52-,53+,54?/m0/s1. The Morgan fingerprint density at radius 3 is 1.20 bits per heavy atom. The van der Waals surface area contributed by atoms with Crippen LogP contribution in [0.5, 0.6) is 0 Å². The van der Waals surface area contributed by atoms with Crippen molar-refractivity contribution in [3.8, 4) is 0 Å². The van der Waals surface area contributed by atoms with Crippen LogP contribution in [0.1, 0.15) is 33.4 Å². The van der Waals surface area contributed by atoms with Gasteiger partial charge >= 0.3 is 0 Å². The van der Waals surface area contributed by atoms with Crippen molar-refractivity contribution < 1.29 is 47.7 Å². The molecule has 0 aromatic heterocycles. The van der Waals surface area contributed by atoms with Gasteiger partial charge in [-0.2, -0.15) is 0 Å². The lowest BCUT2D eigenvalue weighted by atomic mass is 9.97. The minimum Gasteiger partial charge on any atom is -0.387 e. The van der Waals surface area contributed by atoms with E-state index in [4.69, 9.17) is 42.6 Å². The highest BCUT2D eigenvalue weighted by Gasteiger charge is 2.50. The summed E-state index contributed by atoms with van der Waals surface area (Å²) in [7, 11) is 0. The van der Waals surface area contributed by atoms with Gasteiger partial charge in [-0.1, -0.05) is 182 Å². The second-order valence-electron chi connectivity index (χ2n) is 16.1. The van der Waals surface area contributed by atoms with E-state index in [2.05, 4.69) is 0 Å². The highest BCUT2D eigenvalue weighted by atomic mass is 16.7. The van der Waals surface area contributed by atoms with Crippen molar-refractivity contribution in [3.05, 3.63) is 215 Å². The average Bonchev–Trinajstić information content (AvgIpc) is 3.35. The van der Waals surface area contributed by atoms with Gasteiger partial charge in [0.1, 0.15) is 48.8 Å². The van der Waals surface area contributed by atoms with Crippen LogP contribution in [0.3, 0.4) is 0 Å². The topological polar surface area (TPSA) is 103 Å². The molecule has 0 spiro atoms. The Morgan fingerprint density at radius 2 is 0.750 bits per heavy atom. The Morgan fingerprint density at radius 1 is 0.375 bits per heavy atom. The predicted octanol–water partition coefficient (Wildman–Crippen LogP) is 8.63. The summed E-state index contributed by atoms with van der Waals surface area (Å²) in [6.07, 6.45) is -6.80. The third kappa shape index (κ3) is 13.2. The fourth-order valence-corrected chi connectivity index (χ4v) is 7.95. The summed E-state index contributed by atoms with van der Waals surface area (Å²) in [6, 6.07) is 59.8. The van der Waals surface area contributed by atoms with E-state index >= 15 is 0 Å². The Balaban J connectivity index is 1.05. The summed E-state index contributed by atoms with van der Waals surface area (Å²) >= 11 is 0. The van der Waals surface area contributed by atoms with Crippen LogP contribution < -0.4 is 0 Å². The average molecular weight is 867 g/mol. The second-order valence-corrected chi connectivity index (χ2v) is 16.1. The number of hydrogen-bond donors (Lipinski definition) is 1. The van der Waals surface area contributed by atoms with Gasteiger partial charge in [-0.25, -0.2) is 0 Å². The molecule has 2 aliphatic rings. The highest BCUT2D eigenvalue weighted by Crippen LogP contribution is 2.33. The minimum absolute atomic E-state index is 0.0355. The maximum Gasteiger partial charge on any atom is 0.187 e. The molecule has 8 rings (SSSR count). The van der Waals surface area contributed by atoms with Crippen LogP contribution in [0.4, 0.5) is 0 Å². The normalized spacial score (nSPS) is 24.6. The molecule has 10 heteroatoms. The summed E-state index contributed by atoms with van der Waals surface area (Å²) < 4.78 is 59.7. The maximum atomic E-state index is 12.0. The SMILES string of the molecule is O[C@@H]1C(COC2O[C@H](COCc3ccccc3)[C@@H](OCc3ccccc3)[C@H](OCc3ccccc3)[C@H]2OCc2ccccc2)OC[C@H](OCc2ccccc2)[C@H]1OCc1ccccc1. The first kappa shape index (κ1) is 45.5. The van der Waals surface area contributed by atoms with E-state index in [9.17, 15) is 5.11 Å². The number of rotatable bonds is 22. The maximum absolute atomic E-state index is 12.0. The van der Waals surface area contributed by atoms with Crippen molar-refractivity contribution in [1.29, 1.82) is 0 Å². The van der Waals surface area contributed by atoms with E-state index in [0.717, 1.165) is 33.4 Å². The molecular formula is C54H58O10. The van der Waals surface area contributed by atoms with Gasteiger partial charge in [-0.05, 0) is 33.4 Å². The minimum atomic E-state index is -1.09. The number of ether oxygens (including phenoxy) is 9. The molecular weight excluding hydrogens is 809 g/mol. The highest BCUT2D eigenvalue weighted by molar-refractivity contribution is 5.18. The van der Waals surface area contributed by atoms with Crippen molar-refractivity contribution in [3.63, 3.8) is 0 Å². The Labute approximate surface area is 376 Å². The molecule has 2 unspecified atom stereocenters. The van der Waals surface area contributed by atoms with Gasteiger partial charge in [0, 0.05) is 0 Å². The molecule has 10 nitrogen and oxygen atoms in total. The van der Waals surface area contributed by atoms with Gasteiger partial charge in [0.15, 0.2) is 6.29 Å². The molecule has 1 N–H and O–H groups in total. The fraction of sp³-hybridized carbons (Fsp3) is 0.333. The Hall–Kier alpha value is -5.08. The quantitative estimate of drug-likeness (QED) is 0.0714. The molecule has 2 fully saturated rings. The number of hydrogen-bond acceptors (Lipinski definition) is 10. The van der Waals surface area contributed by atoms with Gasteiger partial charge < -0.3 is 47.7 Å². The number of aliphatic hydroxyl groups is 1. The van der Waals surface area contributed by atoms with Crippen molar-refractivity contribution in [2.75, 3.05) is 19.8 Å². The summed E-state index contributed by atoms with van der Waals surface area (Å²) in [5, 5.41) is 12.0. The second kappa shape index (κ2) is 24.3. The third-order valence-corrected chi connectivity index (χ3v) is 11.4. The van der Waals surface area contributed by atoms with Crippen molar-refractivity contribution in [2.24, 2.45) is 0 Å². The Kier molecular flexibility index (Phi) is 17.3. The summed E-state index contributed by atoms with van der Waals surface area (Å²) in [6.45, 7) is 2.21. The molecule has 0 radical (unpaired) electrons. The Bertz CT molecular complexity index is 2170. The number of benzene rings is 6. The van der Waals surface area contributed by atoms with Crippen molar-refractivity contribution >= 4 is 0 Å². The molecule has 6 aromatic rings. The van der Waals surface area contributed by atoms with Crippen LogP contribution in [0.25, 0.3) is 0 Å². The van der Waals surface area contributed by atoms with Gasteiger partial charge in [0.2, 0.25) is 0 Å². The molecule has 0 amide bonds. The predicted molar refractivity (Wildman–Crippen MR) is 242 cm³/mol. The van der Waals surface area contributed by atoms with E-state index < -0.39 is 55.1 Å². The first-order chi connectivity index (χ1) is 31.7. The lowest BCUT2D eigenvalue weighted by Gasteiger charge is -2.46. The van der Waals surface area contributed by atoms with E-state index in [0.29, 0.717) is 26.4 Å². The first-order valence-electron chi connectivity index (χ1n) is 22.1. The van der Waals surface area contributed by atoms with Gasteiger partial charge in [0.05, 0.1) is 59.5 Å². The lowest BCUT2D eigenvalue weighted by molar-refractivity contribution is -0.335. The monoisotopic (exact) mass is 866 g/mol. The van der Waals surface area contributed by atoms with Gasteiger partial charge in [0.25, 0.3) is 0 Å². The fourth-order valence-electron chi connectivity index (χ4n) is 7.95. The molecule has 0 aliphatic carbocycles. The molecule has 2 heterocycles. The molecule has 64 heavy (non-hydrogen) atoms. The first-order valence-corrected chi connectivity index (χ1v) is 22.1. The van der Waals surface area contributed by atoms with Crippen molar-refractivity contribution in [1.82, 2.24) is 0 Å². The molecule has 0 bridgehead atoms. The van der Waals surface area contributed by atoms with Crippen LogP contribution in [0.2, 0.25) is 0 Å². The van der Waals surface area contributed by atoms with Gasteiger partial charge in [-0.3, -0.25) is 0 Å². The third-order valence-electron chi connectivity index (χ3n) is 11.4. The zero-order chi connectivity index (χ0) is 43.6. The van der Waals surface area contributed by atoms with Crippen LogP contribution in [0, 0.1) is 0 Å². The van der Waals surface area contributed by atoms with Gasteiger partial charge in [-0.15, -0.1) is 0 Å². The van der Waals surface area contributed by atoms with Crippen LogP contribution in [-0.2, 0) is 82.3 Å². The van der Waals surface area contributed by atoms with E-state index in [1.807, 2.05) is 182 Å². The lowest BCUT2D eigenvalue weighted by Crippen LogP contribution is -2.62. The largest absolute Gasteiger partial charge is 0.387 e. The molecule has 9 atom stereocenters. The molecule has 2 saturated heterocycles. The smallest absolute Gasteiger partial charge is 0.187 e. The van der Waals surface area contributed by atoms with Crippen molar-refractivity contribution in [2.45, 2.75) is 94.8 Å². The van der Waals surface area contributed by atoms with E-state index in [1.165, 1.54) is 0 Å². The van der Waals surface area contributed by atoms with E-state index in [1.54, 1.807) is 0 Å². The number of aliphatic hydroxyl groups excluding tert-OH is 1. The molecule has 2 aliphatic heterocycles. The van der Waals surface area contributed by atoms with Crippen LogP contribution in [-0.4, -0.2) is 80.0 Å². The molecule has 334 valence electrons. The zero-order valence-corrected chi connectivity index (χ0v) is 36.0. The zero-order valence-electron chi connectivity index (χ0n) is 36.0. The summed E-state index contributed by atoms with van der Waals surface area (Å²) in [5.74, 6) is 0. The molecule has 6 aromatic carbocycles. The van der Waals surface area contributed by atoms with E-state index in [-0.39, 0.29) is 33.0 Å². The molecule has 0 saturated carbocycles. The van der Waals surface area contributed by atoms with Crippen LogP contribution in [0.15, 0.2) is 182 Å². The van der Waals surface area contributed by atoms with Crippen LogP contribution >= 0.6 is 0 Å². The summed E-state index contributed by atoms with van der Waals surface area (Å²) in [5.41, 5.74) is 6.01.